The number of carbonyl (C=O) groups is 1. The van der Waals surface area contributed by atoms with Gasteiger partial charge in [0.05, 0.1) is 0 Å². The van der Waals surface area contributed by atoms with Crippen molar-refractivity contribution in [3.05, 3.63) is 0 Å². The molecular weight excluding hydrogens is 206 g/mol. The average molecular weight is 222 g/mol. The fourth-order valence-electron chi connectivity index (χ4n) is 0.645. The van der Waals surface area contributed by atoms with Crippen molar-refractivity contribution >= 4 is 21.8 Å². The molecule has 1 atom stereocenters. The molecule has 0 fully saturated rings. The third kappa shape index (κ3) is 5.24. The summed E-state index contributed by atoms with van der Waals surface area (Å²) >= 11 is 3.33. The Bertz CT molecular complexity index is 125. The SMILES string of the molecule is CC(CCBr)NC(=O)C(C)C. The maximum Gasteiger partial charge on any atom is 0.222 e. The van der Waals surface area contributed by atoms with Crippen molar-refractivity contribution in [2.75, 3.05) is 5.33 Å². The monoisotopic (exact) mass is 221 g/mol. The molecule has 0 aromatic rings. The Balaban J connectivity index is 3.57. The predicted octanol–water partition coefficient (Wildman–Crippen LogP) is 1.93. The van der Waals surface area contributed by atoms with Gasteiger partial charge in [-0.2, -0.15) is 0 Å². The Hall–Kier alpha value is -0.0500. The van der Waals surface area contributed by atoms with E-state index in [-0.39, 0.29) is 17.9 Å². The lowest BCUT2D eigenvalue weighted by atomic mass is 10.2. The van der Waals surface area contributed by atoms with Crippen LogP contribution in [0.2, 0.25) is 0 Å². The number of hydrogen-bond donors (Lipinski definition) is 1. The fourth-order valence-corrected chi connectivity index (χ4v) is 1.33. The quantitative estimate of drug-likeness (QED) is 0.723. The number of halogens is 1. The van der Waals surface area contributed by atoms with E-state index >= 15 is 0 Å². The highest BCUT2D eigenvalue weighted by Gasteiger charge is 2.09. The Labute approximate surface area is 76.9 Å². The first-order valence-corrected chi connectivity index (χ1v) is 5.06. The van der Waals surface area contributed by atoms with Crippen molar-refractivity contribution in [2.45, 2.75) is 33.2 Å². The van der Waals surface area contributed by atoms with Crippen molar-refractivity contribution in [1.29, 1.82) is 0 Å². The van der Waals surface area contributed by atoms with Gasteiger partial charge < -0.3 is 5.32 Å². The molecule has 1 amide bonds. The van der Waals surface area contributed by atoms with E-state index in [0.717, 1.165) is 11.8 Å². The molecule has 0 aromatic heterocycles. The minimum Gasteiger partial charge on any atom is -0.353 e. The van der Waals surface area contributed by atoms with Crippen LogP contribution in [0.15, 0.2) is 0 Å². The van der Waals surface area contributed by atoms with Crippen LogP contribution in [0.4, 0.5) is 0 Å². The van der Waals surface area contributed by atoms with Gasteiger partial charge in [0, 0.05) is 17.3 Å². The highest BCUT2D eigenvalue weighted by Crippen LogP contribution is 1.97. The summed E-state index contributed by atoms with van der Waals surface area (Å²) in [6.07, 6.45) is 0.985. The number of rotatable bonds is 4. The van der Waals surface area contributed by atoms with Crippen LogP contribution in [-0.2, 0) is 4.79 Å². The summed E-state index contributed by atoms with van der Waals surface area (Å²) in [6.45, 7) is 5.81. The predicted molar refractivity (Wildman–Crippen MR) is 50.9 cm³/mol. The fraction of sp³-hybridized carbons (Fsp3) is 0.875. The van der Waals surface area contributed by atoms with E-state index in [0.29, 0.717) is 0 Å². The molecular formula is C8H16BrNO. The van der Waals surface area contributed by atoms with Crippen molar-refractivity contribution in [2.24, 2.45) is 5.92 Å². The Morgan fingerprint density at radius 2 is 2.00 bits per heavy atom. The summed E-state index contributed by atoms with van der Waals surface area (Å²) in [4.78, 5) is 11.1. The smallest absolute Gasteiger partial charge is 0.222 e. The molecule has 0 saturated carbocycles. The van der Waals surface area contributed by atoms with E-state index in [2.05, 4.69) is 21.2 Å². The van der Waals surface area contributed by atoms with Crippen molar-refractivity contribution in [3.8, 4) is 0 Å². The number of alkyl halides is 1. The maximum atomic E-state index is 11.1. The van der Waals surface area contributed by atoms with E-state index in [4.69, 9.17) is 0 Å². The van der Waals surface area contributed by atoms with Gasteiger partial charge >= 0.3 is 0 Å². The summed E-state index contributed by atoms with van der Waals surface area (Å²) in [6, 6.07) is 0.282. The van der Waals surface area contributed by atoms with Crippen LogP contribution >= 0.6 is 15.9 Å². The van der Waals surface area contributed by atoms with Gasteiger partial charge in [0.25, 0.3) is 0 Å². The summed E-state index contributed by atoms with van der Waals surface area (Å²) in [5.74, 6) is 0.228. The molecule has 1 N–H and O–H groups in total. The zero-order valence-corrected chi connectivity index (χ0v) is 8.94. The lowest BCUT2D eigenvalue weighted by molar-refractivity contribution is -0.124. The summed E-state index contributed by atoms with van der Waals surface area (Å²) < 4.78 is 0. The largest absolute Gasteiger partial charge is 0.353 e. The second-order valence-corrected chi connectivity index (χ2v) is 3.83. The number of amides is 1. The lowest BCUT2D eigenvalue weighted by Crippen LogP contribution is -2.35. The highest BCUT2D eigenvalue weighted by molar-refractivity contribution is 9.09. The molecule has 2 nitrogen and oxygen atoms in total. The topological polar surface area (TPSA) is 29.1 Å². The molecule has 11 heavy (non-hydrogen) atoms. The zero-order chi connectivity index (χ0) is 8.85. The lowest BCUT2D eigenvalue weighted by Gasteiger charge is -2.13. The van der Waals surface area contributed by atoms with Gasteiger partial charge in [0.15, 0.2) is 0 Å². The van der Waals surface area contributed by atoms with E-state index < -0.39 is 0 Å². The van der Waals surface area contributed by atoms with Crippen LogP contribution in [0.5, 0.6) is 0 Å². The van der Waals surface area contributed by atoms with Crippen molar-refractivity contribution in [3.63, 3.8) is 0 Å². The van der Waals surface area contributed by atoms with E-state index in [9.17, 15) is 4.79 Å². The maximum absolute atomic E-state index is 11.1. The van der Waals surface area contributed by atoms with Crippen molar-refractivity contribution < 1.29 is 4.79 Å². The third-order valence-corrected chi connectivity index (χ3v) is 1.91. The van der Waals surface area contributed by atoms with Crippen LogP contribution in [-0.4, -0.2) is 17.3 Å². The minimum absolute atomic E-state index is 0.0905. The highest BCUT2D eigenvalue weighted by atomic mass is 79.9. The second kappa shape index (κ2) is 5.58. The van der Waals surface area contributed by atoms with Gasteiger partial charge in [-0.3, -0.25) is 4.79 Å². The molecule has 0 spiro atoms. The Morgan fingerprint density at radius 1 is 1.45 bits per heavy atom. The van der Waals surface area contributed by atoms with E-state index in [1.165, 1.54) is 0 Å². The zero-order valence-electron chi connectivity index (χ0n) is 7.36. The molecule has 0 aromatic carbocycles. The van der Waals surface area contributed by atoms with Crippen LogP contribution in [0.25, 0.3) is 0 Å². The summed E-state index contributed by atoms with van der Waals surface area (Å²) in [5.41, 5.74) is 0. The summed E-state index contributed by atoms with van der Waals surface area (Å²) in [7, 11) is 0. The summed E-state index contributed by atoms with van der Waals surface area (Å²) in [5, 5.41) is 3.85. The van der Waals surface area contributed by atoms with Crippen LogP contribution in [0.1, 0.15) is 27.2 Å². The van der Waals surface area contributed by atoms with Gasteiger partial charge in [-0.15, -0.1) is 0 Å². The first kappa shape index (κ1) is 11.0. The van der Waals surface area contributed by atoms with Gasteiger partial charge in [-0.1, -0.05) is 29.8 Å². The molecule has 0 saturated heterocycles. The molecule has 0 aliphatic carbocycles. The Morgan fingerprint density at radius 3 is 2.36 bits per heavy atom. The van der Waals surface area contributed by atoms with Crippen LogP contribution < -0.4 is 5.32 Å². The molecule has 66 valence electrons. The standard InChI is InChI=1S/C8H16BrNO/c1-6(2)8(11)10-7(3)4-5-9/h6-7H,4-5H2,1-3H3,(H,10,11). The molecule has 0 rings (SSSR count). The first-order valence-electron chi connectivity index (χ1n) is 3.94. The molecule has 1 unspecified atom stereocenters. The van der Waals surface area contributed by atoms with Crippen molar-refractivity contribution in [1.82, 2.24) is 5.32 Å². The minimum atomic E-state index is 0.0905. The Kier molecular flexibility index (Phi) is 5.56. The molecule has 0 bridgehead atoms. The second-order valence-electron chi connectivity index (χ2n) is 3.04. The van der Waals surface area contributed by atoms with Crippen LogP contribution in [0.3, 0.4) is 0 Å². The normalized spacial score (nSPS) is 13.2. The van der Waals surface area contributed by atoms with Gasteiger partial charge in [-0.05, 0) is 13.3 Å². The molecule has 0 aliphatic heterocycles. The number of nitrogens with one attached hydrogen (secondary N) is 1. The number of carbonyl (C=O) groups excluding carboxylic acids is 1. The molecule has 0 aliphatic rings. The molecule has 3 heteroatoms. The molecule has 0 heterocycles. The third-order valence-electron chi connectivity index (χ3n) is 1.46. The number of hydrogen-bond acceptors (Lipinski definition) is 1. The van der Waals surface area contributed by atoms with Crippen LogP contribution in [0, 0.1) is 5.92 Å². The average Bonchev–Trinajstić information content (AvgIpc) is 1.87. The first-order chi connectivity index (χ1) is 5.07. The van der Waals surface area contributed by atoms with E-state index in [1.54, 1.807) is 0 Å². The van der Waals surface area contributed by atoms with Gasteiger partial charge in [0.2, 0.25) is 5.91 Å². The van der Waals surface area contributed by atoms with Gasteiger partial charge in [0.1, 0.15) is 0 Å². The van der Waals surface area contributed by atoms with E-state index in [1.807, 2.05) is 20.8 Å². The molecule has 0 radical (unpaired) electrons. The van der Waals surface area contributed by atoms with Gasteiger partial charge in [-0.25, -0.2) is 0 Å².